The number of nitrogens with one attached hydrogen (secondary N) is 1. The second-order valence-electron chi connectivity index (χ2n) is 5.48. The number of aromatic nitrogens is 2. The van der Waals surface area contributed by atoms with E-state index in [1.165, 1.54) is 18.1 Å². The van der Waals surface area contributed by atoms with Gasteiger partial charge in [0, 0.05) is 18.5 Å². The molecule has 0 saturated carbocycles. The van der Waals surface area contributed by atoms with Gasteiger partial charge in [-0.05, 0) is 39.7 Å². The Balaban J connectivity index is 2.10. The largest absolute Gasteiger partial charge is 0.481 e. The van der Waals surface area contributed by atoms with Crippen LogP contribution in [-0.4, -0.2) is 30.5 Å². The molecule has 0 saturated heterocycles. The highest BCUT2D eigenvalue weighted by Crippen LogP contribution is 2.34. The summed E-state index contributed by atoms with van der Waals surface area (Å²) in [6, 6.07) is 8.26. The number of benzene rings is 1. The molecule has 2 heterocycles. The van der Waals surface area contributed by atoms with Gasteiger partial charge in [0.2, 0.25) is 12.3 Å². The van der Waals surface area contributed by atoms with E-state index in [0.29, 0.717) is 44.7 Å². The number of rotatable bonds is 6. The van der Waals surface area contributed by atoms with E-state index >= 15 is 0 Å². The van der Waals surface area contributed by atoms with E-state index in [4.69, 9.17) is 4.74 Å². The van der Waals surface area contributed by atoms with Crippen LogP contribution in [0.4, 0.5) is 15.8 Å². The fourth-order valence-corrected chi connectivity index (χ4v) is 2.90. The molecule has 6 nitrogen and oxygen atoms in total. The lowest BCUT2D eigenvalue weighted by Crippen LogP contribution is -2.22. The number of methoxy groups -OCH3 is 1. The molecule has 0 spiro atoms. The number of hydrogen-bond donors (Lipinski definition) is 1. The minimum Gasteiger partial charge on any atom is -0.481 e. The standard InChI is InChI=1S/C18H16BrFN4O2/c1-21-15-8-22-18-12(4-6-16(23-18)26-2)17(15)24(10-25)9-11-3-5-13(19)14(20)7-11/h3-8,10,21H,9H2,1-2H3. The molecule has 26 heavy (non-hydrogen) atoms. The van der Waals surface area contributed by atoms with Crippen LogP contribution in [0.1, 0.15) is 5.56 Å². The third-order valence-corrected chi connectivity index (χ3v) is 4.55. The van der Waals surface area contributed by atoms with Gasteiger partial charge in [0.25, 0.3) is 0 Å². The molecule has 0 unspecified atom stereocenters. The first-order valence-electron chi connectivity index (χ1n) is 7.74. The van der Waals surface area contributed by atoms with Crippen molar-refractivity contribution >= 4 is 44.7 Å². The zero-order valence-corrected chi connectivity index (χ0v) is 15.7. The number of pyridine rings is 2. The first-order chi connectivity index (χ1) is 12.6. The molecule has 1 aromatic carbocycles. The van der Waals surface area contributed by atoms with E-state index in [1.54, 1.807) is 37.5 Å². The molecule has 3 aromatic rings. The highest BCUT2D eigenvalue weighted by atomic mass is 79.9. The Labute approximate surface area is 158 Å². The van der Waals surface area contributed by atoms with Crippen molar-refractivity contribution in [2.45, 2.75) is 6.54 Å². The summed E-state index contributed by atoms with van der Waals surface area (Å²) in [5, 5.41) is 3.72. The highest BCUT2D eigenvalue weighted by molar-refractivity contribution is 9.10. The predicted molar refractivity (Wildman–Crippen MR) is 102 cm³/mol. The second-order valence-corrected chi connectivity index (χ2v) is 6.33. The van der Waals surface area contributed by atoms with Crippen LogP contribution >= 0.6 is 15.9 Å². The zero-order valence-electron chi connectivity index (χ0n) is 14.2. The van der Waals surface area contributed by atoms with Gasteiger partial charge in [-0.25, -0.2) is 9.37 Å². The van der Waals surface area contributed by atoms with E-state index in [9.17, 15) is 9.18 Å². The molecular weight excluding hydrogens is 403 g/mol. The van der Waals surface area contributed by atoms with Crippen LogP contribution < -0.4 is 15.0 Å². The maximum Gasteiger partial charge on any atom is 0.215 e. The van der Waals surface area contributed by atoms with Crippen LogP contribution in [0.2, 0.25) is 0 Å². The van der Waals surface area contributed by atoms with Crippen molar-refractivity contribution in [3.63, 3.8) is 0 Å². The normalized spacial score (nSPS) is 10.6. The van der Waals surface area contributed by atoms with Gasteiger partial charge in [-0.1, -0.05) is 6.07 Å². The molecule has 0 aliphatic rings. The van der Waals surface area contributed by atoms with Gasteiger partial charge in [-0.15, -0.1) is 0 Å². The lowest BCUT2D eigenvalue weighted by atomic mass is 10.1. The minimum absolute atomic E-state index is 0.202. The molecule has 0 fully saturated rings. The van der Waals surface area contributed by atoms with Crippen LogP contribution in [0.3, 0.4) is 0 Å². The number of amides is 1. The number of carbonyl (C=O) groups excluding carboxylic acids is 1. The lowest BCUT2D eigenvalue weighted by molar-refractivity contribution is -0.107. The average molecular weight is 419 g/mol. The molecule has 2 aromatic heterocycles. The Hall–Kier alpha value is -2.74. The van der Waals surface area contributed by atoms with E-state index in [2.05, 4.69) is 31.2 Å². The molecule has 1 amide bonds. The van der Waals surface area contributed by atoms with Gasteiger partial charge in [-0.3, -0.25) is 4.79 Å². The molecule has 0 aliphatic heterocycles. The quantitative estimate of drug-likeness (QED) is 0.617. The summed E-state index contributed by atoms with van der Waals surface area (Å²) in [7, 11) is 3.27. The van der Waals surface area contributed by atoms with Crippen molar-refractivity contribution < 1.29 is 13.9 Å². The van der Waals surface area contributed by atoms with Gasteiger partial charge in [-0.2, -0.15) is 4.98 Å². The van der Waals surface area contributed by atoms with Crippen LogP contribution in [0, 0.1) is 5.82 Å². The molecule has 1 N–H and O–H groups in total. The Morgan fingerprint density at radius 3 is 2.81 bits per heavy atom. The fraction of sp³-hybridized carbons (Fsp3) is 0.167. The number of ether oxygens (including phenoxy) is 1. The topological polar surface area (TPSA) is 67.4 Å². The number of halogens is 2. The van der Waals surface area contributed by atoms with E-state index in [1.807, 2.05) is 0 Å². The molecule has 3 rings (SSSR count). The molecule has 0 bridgehead atoms. The van der Waals surface area contributed by atoms with Crippen LogP contribution in [0.25, 0.3) is 11.0 Å². The zero-order chi connectivity index (χ0) is 18.7. The van der Waals surface area contributed by atoms with Crippen molar-refractivity contribution in [2.75, 3.05) is 24.4 Å². The average Bonchev–Trinajstić information content (AvgIpc) is 2.67. The molecule has 0 radical (unpaired) electrons. The Kier molecular flexibility index (Phi) is 5.32. The van der Waals surface area contributed by atoms with Crippen LogP contribution in [0.15, 0.2) is 41.0 Å². The maximum atomic E-state index is 13.8. The summed E-state index contributed by atoms with van der Waals surface area (Å²) >= 11 is 3.13. The third-order valence-electron chi connectivity index (χ3n) is 3.91. The van der Waals surface area contributed by atoms with Gasteiger partial charge >= 0.3 is 0 Å². The molecular formula is C18H16BrFN4O2. The molecule has 134 valence electrons. The van der Waals surface area contributed by atoms with E-state index in [-0.39, 0.29) is 12.4 Å². The smallest absolute Gasteiger partial charge is 0.215 e. The third kappa shape index (κ3) is 3.45. The van der Waals surface area contributed by atoms with Crippen LogP contribution in [-0.2, 0) is 11.3 Å². The van der Waals surface area contributed by atoms with Gasteiger partial charge < -0.3 is 15.0 Å². The van der Waals surface area contributed by atoms with Gasteiger partial charge in [0.15, 0.2) is 5.65 Å². The van der Waals surface area contributed by atoms with Crippen molar-refractivity contribution in [1.82, 2.24) is 9.97 Å². The van der Waals surface area contributed by atoms with Crippen molar-refractivity contribution in [3.8, 4) is 5.88 Å². The van der Waals surface area contributed by atoms with Crippen molar-refractivity contribution in [1.29, 1.82) is 0 Å². The summed E-state index contributed by atoms with van der Waals surface area (Å²) in [5.41, 5.74) is 2.39. The number of nitrogens with zero attached hydrogens (tertiary/aromatic N) is 3. The number of fused-ring (bicyclic) bond motifs is 1. The minimum atomic E-state index is -0.381. The predicted octanol–water partition coefficient (Wildman–Crippen LogP) is 3.74. The summed E-state index contributed by atoms with van der Waals surface area (Å²) in [6.07, 6.45) is 2.31. The SMILES string of the molecule is CNc1cnc2nc(OC)ccc2c1N(C=O)Cc1ccc(Br)c(F)c1. The number of carbonyl (C=O) groups is 1. The Bertz CT molecular complexity index is 967. The number of anilines is 2. The monoisotopic (exact) mass is 418 g/mol. The molecule has 8 heteroatoms. The Morgan fingerprint density at radius 1 is 1.35 bits per heavy atom. The first-order valence-corrected chi connectivity index (χ1v) is 8.54. The summed E-state index contributed by atoms with van der Waals surface area (Å²) in [5.74, 6) is 0.0500. The summed E-state index contributed by atoms with van der Waals surface area (Å²) < 4.78 is 19.3. The van der Waals surface area contributed by atoms with Crippen molar-refractivity contribution in [3.05, 3.63) is 52.4 Å². The second kappa shape index (κ2) is 7.65. The van der Waals surface area contributed by atoms with E-state index < -0.39 is 0 Å². The van der Waals surface area contributed by atoms with Crippen LogP contribution in [0.5, 0.6) is 5.88 Å². The summed E-state index contributed by atoms with van der Waals surface area (Å²) in [4.78, 5) is 21.9. The summed E-state index contributed by atoms with van der Waals surface area (Å²) in [6.45, 7) is 0.202. The first kappa shape index (κ1) is 18.1. The molecule has 0 atom stereocenters. The van der Waals surface area contributed by atoms with Crippen molar-refractivity contribution in [2.24, 2.45) is 0 Å². The van der Waals surface area contributed by atoms with Gasteiger partial charge in [0.05, 0.1) is 35.7 Å². The van der Waals surface area contributed by atoms with Gasteiger partial charge in [0.1, 0.15) is 5.82 Å². The number of hydrogen-bond acceptors (Lipinski definition) is 5. The Morgan fingerprint density at radius 2 is 2.15 bits per heavy atom. The van der Waals surface area contributed by atoms with E-state index in [0.717, 1.165) is 0 Å². The lowest BCUT2D eigenvalue weighted by Gasteiger charge is -2.22. The maximum absolute atomic E-state index is 13.8. The highest BCUT2D eigenvalue weighted by Gasteiger charge is 2.17. The molecule has 0 aliphatic carbocycles. The fourth-order valence-electron chi connectivity index (χ4n) is 2.66.